The molecule has 1 fully saturated rings. The van der Waals surface area contributed by atoms with Crippen LogP contribution in [0, 0.1) is 18.6 Å². The van der Waals surface area contributed by atoms with Gasteiger partial charge in [-0.05, 0) is 80.4 Å². The molecule has 26 heavy (non-hydrogen) atoms. The number of thioether (sulfide) groups is 1. The first-order valence-corrected chi connectivity index (χ1v) is 10.3. The molecule has 4 rings (SSSR count). The van der Waals surface area contributed by atoms with Gasteiger partial charge in [-0.2, -0.15) is 0 Å². The summed E-state index contributed by atoms with van der Waals surface area (Å²) in [5, 5.41) is 3.44. The topological polar surface area (TPSA) is 15.3 Å². The van der Waals surface area contributed by atoms with E-state index in [1.54, 1.807) is 0 Å². The molecule has 5 heteroatoms. The van der Waals surface area contributed by atoms with Gasteiger partial charge in [0.1, 0.15) is 11.6 Å². The molecule has 0 amide bonds. The van der Waals surface area contributed by atoms with Gasteiger partial charge in [0.05, 0.1) is 11.3 Å². The second-order valence-corrected chi connectivity index (χ2v) is 8.25. The smallest absolute Gasteiger partial charge is 0.133 e. The van der Waals surface area contributed by atoms with E-state index < -0.39 is 11.6 Å². The van der Waals surface area contributed by atoms with Crippen LogP contribution in [0.25, 0.3) is 11.1 Å². The van der Waals surface area contributed by atoms with Crippen LogP contribution >= 0.6 is 11.8 Å². The summed E-state index contributed by atoms with van der Waals surface area (Å²) >= 11 is 1.81. The Kier molecular flexibility index (Phi) is 5.18. The number of nitrogens with one attached hydrogen (secondary N) is 1. The van der Waals surface area contributed by atoms with Crippen LogP contribution < -0.4 is 10.2 Å². The van der Waals surface area contributed by atoms with Crippen LogP contribution in [-0.4, -0.2) is 31.4 Å². The molecule has 0 unspecified atom stereocenters. The van der Waals surface area contributed by atoms with Crippen molar-refractivity contribution >= 4 is 17.4 Å². The lowest BCUT2D eigenvalue weighted by Gasteiger charge is -2.37. The summed E-state index contributed by atoms with van der Waals surface area (Å²) in [4.78, 5) is 3.70. The molecule has 2 aromatic carbocycles. The van der Waals surface area contributed by atoms with Crippen molar-refractivity contribution in [2.45, 2.75) is 37.1 Å². The van der Waals surface area contributed by atoms with Gasteiger partial charge in [0, 0.05) is 17.5 Å². The Bertz CT molecular complexity index is 783. The normalized spacial score (nSPS) is 18.5. The minimum absolute atomic E-state index is 0.0802. The van der Waals surface area contributed by atoms with Crippen LogP contribution in [0.5, 0.6) is 0 Å². The van der Waals surface area contributed by atoms with E-state index in [4.69, 9.17) is 0 Å². The van der Waals surface area contributed by atoms with Crippen molar-refractivity contribution in [3.63, 3.8) is 0 Å². The lowest BCUT2D eigenvalue weighted by molar-refractivity contribution is 0.428. The van der Waals surface area contributed by atoms with Crippen molar-refractivity contribution in [3.8, 4) is 11.1 Å². The molecule has 2 aliphatic rings. The van der Waals surface area contributed by atoms with Crippen molar-refractivity contribution in [2.24, 2.45) is 0 Å². The maximum atomic E-state index is 14.3. The van der Waals surface area contributed by atoms with Gasteiger partial charge in [0.2, 0.25) is 0 Å². The molecule has 1 saturated heterocycles. The number of aryl methyl sites for hydroxylation is 1. The number of anilines is 1. The minimum Gasteiger partial charge on any atom is -0.367 e. The second-order valence-electron chi connectivity index (χ2n) is 7.11. The van der Waals surface area contributed by atoms with Gasteiger partial charge in [-0.1, -0.05) is 6.07 Å². The van der Waals surface area contributed by atoms with E-state index in [2.05, 4.69) is 17.1 Å². The van der Waals surface area contributed by atoms with Gasteiger partial charge in [0.25, 0.3) is 0 Å². The van der Waals surface area contributed by atoms with E-state index in [9.17, 15) is 8.78 Å². The van der Waals surface area contributed by atoms with Gasteiger partial charge in [-0.3, -0.25) is 0 Å². The van der Waals surface area contributed by atoms with Gasteiger partial charge >= 0.3 is 0 Å². The first kappa shape index (κ1) is 17.8. The third kappa shape index (κ3) is 3.35. The SMILES string of the molecule is Cc1cc(-c2c(F)cccc2F)cc2c1N(C1CCNCC1)CCCS2. The molecule has 2 heterocycles. The number of rotatable bonds is 2. The van der Waals surface area contributed by atoms with Crippen LogP contribution in [0.4, 0.5) is 14.5 Å². The van der Waals surface area contributed by atoms with Crippen molar-refractivity contribution in [3.05, 3.63) is 47.5 Å². The molecule has 0 saturated carbocycles. The van der Waals surface area contributed by atoms with Gasteiger partial charge < -0.3 is 10.2 Å². The van der Waals surface area contributed by atoms with E-state index in [-0.39, 0.29) is 5.56 Å². The average Bonchev–Trinajstić information content (AvgIpc) is 2.85. The number of hydrogen-bond donors (Lipinski definition) is 1. The molecule has 0 radical (unpaired) electrons. The van der Waals surface area contributed by atoms with Gasteiger partial charge in [-0.15, -0.1) is 11.8 Å². The zero-order chi connectivity index (χ0) is 18.1. The summed E-state index contributed by atoms with van der Waals surface area (Å²) in [7, 11) is 0. The van der Waals surface area contributed by atoms with Crippen molar-refractivity contribution in [1.29, 1.82) is 0 Å². The summed E-state index contributed by atoms with van der Waals surface area (Å²) < 4.78 is 28.6. The number of benzene rings is 2. The summed E-state index contributed by atoms with van der Waals surface area (Å²) in [6.07, 6.45) is 3.42. The molecule has 138 valence electrons. The quantitative estimate of drug-likeness (QED) is 0.797. The maximum Gasteiger partial charge on any atom is 0.133 e. The number of fused-ring (bicyclic) bond motifs is 1. The lowest BCUT2D eigenvalue weighted by atomic mass is 9.98. The Morgan fingerprint density at radius 3 is 2.58 bits per heavy atom. The first-order valence-electron chi connectivity index (χ1n) is 9.34. The monoisotopic (exact) mass is 374 g/mol. The zero-order valence-corrected chi connectivity index (χ0v) is 15.8. The Morgan fingerprint density at radius 1 is 1.12 bits per heavy atom. The van der Waals surface area contributed by atoms with E-state index in [1.165, 1.54) is 23.9 Å². The highest BCUT2D eigenvalue weighted by Crippen LogP contribution is 2.42. The number of piperidine rings is 1. The highest BCUT2D eigenvalue weighted by atomic mass is 32.2. The highest BCUT2D eigenvalue weighted by Gasteiger charge is 2.27. The fourth-order valence-electron chi connectivity index (χ4n) is 4.16. The van der Waals surface area contributed by atoms with Gasteiger partial charge in [0.15, 0.2) is 0 Å². The van der Waals surface area contributed by atoms with Crippen LogP contribution in [-0.2, 0) is 0 Å². The third-order valence-electron chi connectivity index (χ3n) is 5.35. The summed E-state index contributed by atoms with van der Waals surface area (Å²) in [6.45, 7) is 5.24. The molecule has 0 bridgehead atoms. The average molecular weight is 375 g/mol. The number of hydrogen-bond acceptors (Lipinski definition) is 3. The van der Waals surface area contributed by atoms with E-state index in [0.29, 0.717) is 11.6 Å². The maximum absolute atomic E-state index is 14.3. The fourth-order valence-corrected chi connectivity index (χ4v) is 5.27. The fraction of sp³-hybridized carbons (Fsp3) is 0.429. The largest absolute Gasteiger partial charge is 0.367 e. The Morgan fingerprint density at radius 2 is 1.85 bits per heavy atom. The second kappa shape index (κ2) is 7.57. The van der Waals surface area contributed by atoms with Crippen LogP contribution in [0.15, 0.2) is 35.2 Å². The summed E-state index contributed by atoms with van der Waals surface area (Å²) in [5.41, 5.74) is 3.08. The summed E-state index contributed by atoms with van der Waals surface area (Å²) in [5.74, 6) is 0.0354. The van der Waals surface area contributed by atoms with Crippen molar-refractivity contribution < 1.29 is 8.78 Å². The molecule has 0 aliphatic carbocycles. The standard InChI is InChI=1S/C21H24F2N2S/c1-14-12-15(20-17(22)4-2-5-18(20)23)13-19-21(14)25(10-3-11-26-19)16-6-8-24-9-7-16/h2,4-5,12-13,16,24H,3,6-11H2,1H3. The van der Waals surface area contributed by atoms with E-state index in [0.717, 1.165) is 55.1 Å². The molecule has 1 N–H and O–H groups in total. The Labute approximate surface area is 158 Å². The molecule has 2 aromatic rings. The van der Waals surface area contributed by atoms with Crippen LogP contribution in [0.3, 0.4) is 0 Å². The van der Waals surface area contributed by atoms with Crippen LogP contribution in [0.1, 0.15) is 24.8 Å². The number of halogens is 2. The van der Waals surface area contributed by atoms with Crippen LogP contribution in [0.2, 0.25) is 0 Å². The van der Waals surface area contributed by atoms with Crippen molar-refractivity contribution in [1.82, 2.24) is 5.32 Å². The predicted molar refractivity (Wildman–Crippen MR) is 105 cm³/mol. The third-order valence-corrected chi connectivity index (χ3v) is 6.47. The Balaban J connectivity index is 1.79. The molecule has 2 aliphatic heterocycles. The molecule has 0 aromatic heterocycles. The Hall–Kier alpha value is -1.59. The van der Waals surface area contributed by atoms with Crippen molar-refractivity contribution in [2.75, 3.05) is 30.3 Å². The summed E-state index contributed by atoms with van der Waals surface area (Å²) in [6, 6.07) is 8.54. The molecule has 0 spiro atoms. The first-order chi connectivity index (χ1) is 12.6. The van der Waals surface area contributed by atoms with Gasteiger partial charge in [-0.25, -0.2) is 8.78 Å². The molecule has 0 atom stereocenters. The predicted octanol–water partition coefficient (Wildman–Crippen LogP) is 4.99. The van der Waals surface area contributed by atoms with E-state index in [1.807, 2.05) is 23.9 Å². The van der Waals surface area contributed by atoms with E-state index >= 15 is 0 Å². The highest BCUT2D eigenvalue weighted by molar-refractivity contribution is 7.99. The number of nitrogens with zero attached hydrogens (tertiary/aromatic N) is 1. The minimum atomic E-state index is -0.502. The molecule has 2 nitrogen and oxygen atoms in total. The molecular weight excluding hydrogens is 350 g/mol. The molecular formula is C21H24F2N2S. The lowest BCUT2D eigenvalue weighted by Crippen LogP contribution is -2.44. The zero-order valence-electron chi connectivity index (χ0n) is 15.0.